The third-order valence-electron chi connectivity index (χ3n) is 11.8. The second kappa shape index (κ2) is 12.4. The molecule has 4 aromatic heterocycles. The number of para-hydroxylation sites is 2. The Balaban J connectivity index is 1.24. The Bertz CT molecular complexity index is 3860. The van der Waals surface area contributed by atoms with Gasteiger partial charge in [-0.25, -0.2) is 15.0 Å². The van der Waals surface area contributed by atoms with Crippen LogP contribution in [0, 0.1) is 0 Å². The highest BCUT2D eigenvalue weighted by atomic mass is 32.1. The van der Waals surface area contributed by atoms with Gasteiger partial charge in [0.2, 0.25) is 0 Å². The van der Waals surface area contributed by atoms with Gasteiger partial charge in [0, 0.05) is 58.2 Å². The van der Waals surface area contributed by atoms with Crippen molar-refractivity contribution in [2.45, 2.75) is 0 Å². The van der Waals surface area contributed by atoms with Gasteiger partial charge in [0.05, 0.1) is 22.3 Å². The van der Waals surface area contributed by atoms with Crippen molar-refractivity contribution in [2.24, 2.45) is 0 Å². The molecule has 5 nitrogen and oxygen atoms in total. The Morgan fingerprint density at radius 1 is 0.441 bits per heavy atom. The van der Waals surface area contributed by atoms with Gasteiger partial charge in [-0.2, -0.15) is 0 Å². The molecule has 13 rings (SSSR count). The molecule has 13 aromatic rings. The highest BCUT2D eigenvalue weighted by Crippen LogP contribution is 2.48. The smallest absolute Gasteiger partial charge is 0.170 e. The quantitative estimate of drug-likeness (QED) is 0.179. The Kier molecular flexibility index (Phi) is 6.82. The van der Waals surface area contributed by atoms with Gasteiger partial charge in [-0.05, 0) is 52.6 Å². The molecule has 4 heterocycles. The Labute approximate surface area is 341 Å². The van der Waals surface area contributed by atoms with E-state index in [1.54, 1.807) is 11.3 Å². The van der Waals surface area contributed by atoms with Gasteiger partial charge in [0.1, 0.15) is 11.2 Å². The minimum Gasteiger partial charge on any atom is -0.455 e. The van der Waals surface area contributed by atoms with Gasteiger partial charge in [-0.1, -0.05) is 146 Å². The number of aromatic nitrogens is 4. The van der Waals surface area contributed by atoms with E-state index in [0.29, 0.717) is 17.5 Å². The number of furan rings is 1. The zero-order valence-electron chi connectivity index (χ0n) is 31.4. The van der Waals surface area contributed by atoms with Crippen LogP contribution >= 0.6 is 11.3 Å². The standard InChI is InChI=1S/C53H30N4OS/c1-2-15-31(16-3-1)51-54-52(40-25-14-24-38-35-20-10-13-28-45(35)59-50(38)40)56-53(55-51)47-48(37-22-7-6-21-36(37)46-39-23-9-12-27-44(39)58-49(46)47)57-42-26-11-8-19-34(42)41-29-32-17-4-5-18-33(32)30-43(41)57/h1-30H. The van der Waals surface area contributed by atoms with Crippen molar-refractivity contribution in [1.29, 1.82) is 0 Å². The number of benzene rings is 9. The van der Waals surface area contributed by atoms with Gasteiger partial charge in [0.25, 0.3) is 0 Å². The van der Waals surface area contributed by atoms with E-state index in [1.807, 2.05) is 24.3 Å². The summed E-state index contributed by atoms with van der Waals surface area (Å²) in [5.74, 6) is 1.76. The molecule has 0 saturated carbocycles. The van der Waals surface area contributed by atoms with E-state index in [2.05, 4.69) is 162 Å². The van der Waals surface area contributed by atoms with Crippen molar-refractivity contribution < 1.29 is 4.42 Å². The van der Waals surface area contributed by atoms with Crippen LogP contribution in [0.25, 0.3) is 125 Å². The molecule has 9 aromatic carbocycles. The molecule has 0 aliphatic carbocycles. The fourth-order valence-corrected chi connectivity index (χ4v) is 10.4. The van der Waals surface area contributed by atoms with E-state index in [1.165, 1.54) is 37.0 Å². The van der Waals surface area contributed by atoms with Gasteiger partial charge >= 0.3 is 0 Å². The molecule has 274 valence electrons. The lowest BCUT2D eigenvalue weighted by Gasteiger charge is -2.18. The van der Waals surface area contributed by atoms with Gasteiger partial charge < -0.3 is 8.98 Å². The lowest BCUT2D eigenvalue weighted by molar-refractivity contribution is 0.669. The fraction of sp³-hybridized carbons (Fsp3) is 0. The molecule has 0 unspecified atom stereocenters. The van der Waals surface area contributed by atoms with Gasteiger partial charge in [0.15, 0.2) is 17.5 Å². The summed E-state index contributed by atoms with van der Waals surface area (Å²) in [5.41, 5.74) is 7.39. The van der Waals surface area contributed by atoms with Crippen molar-refractivity contribution >= 4 is 96.8 Å². The number of rotatable bonds is 4. The Morgan fingerprint density at radius 3 is 1.95 bits per heavy atom. The summed E-state index contributed by atoms with van der Waals surface area (Å²) < 4.78 is 11.9. The lowest BCUT2D eigenvalue weighted by atomic mass is 9.96. The molecule has 0 fully saturated rings. The van der Waals surface area contributed by atoms with Crippen LogP contribution in [0.15, 0.2) is 186 Å². The second-order valence-corrected chi connectivity index (χ2v) is 16.1. The maximum Gasteiger partial charge on any atom is 0.170 e. The predicted molar refractivity (Wildman–Crippen MR) is 246 cm³/mol. The van der Waals surface area contributed by atoms with Crippen LogP contribution in [0.3, 0.4) is 0 Å². The summed E-state index contributed by atoms with van der Waals surface area (Å²) in [4.78, 5) is 16.3. The van der Waals surface area contributed by atoms with Crippen LogP contribution < -0.4 is 0 Å². The predicted octanol–water partition coefficient (Wildman–Crippen LogP) is 14.5. The molecule has 0 atom stereocenters. The number of fused-ring (bicyclic) bond motifs is 12. The first kappa shape index (κ1) is 32.4. The number of hydrogen-bond donors (Lipinski definition) is 0. The normalized spacial score (nSPS) is 12.1. The maximum atomic E-state index is 7.07. The molecule has 0 bridgehead atoms. The molecule has 59 heavy (non-hydrogen) atoms. The first-order valence-corrected chi connectivity index (χ1v) is 20.6. The van der Waals surface area contributed by atoms with E-state index in [9.17, 15) is 0 Å². The van der Waals surface area contributed by atoms with Crippen LogP contribution in [0.5, 0.6) is 0 Å². The molecule has 0 radical (unpaired) electrons. The van der Waals surface area contributed by atoms with E-state index in [0.717, 1.165) is 70.8 Å². The number of thiophene rings is 1. The van der Waals surface area contributed by atoms with Crippen LogP contribution in [-0.2, 0) is 0 Å². The van der Waals surface area contributed by atoms with Crippen molar-refractivity contribution in [1.82, 2.24) is 19.5 Å². The maximum absolute atomic E-state index is 7.07. The van der Waals surface area contributed by atoms with E-state index in [4.69, 9.17) is 19.4 Å². The zero-order valence-corrected chi connectivity index (χ0v) is 32.2. The van der Waals surface area contributed by atoms with Crippen molar-refractivity contribution in [3.8, 4) is 39.9 Å². The van der Waals surface area contributed by atoms with Crippen LogP contribution in [0.1, 0.15) is 0 Å². The van der Waals surface area contributed by atoms with Crippen LogP contribution in [0.2, 0.25) is 0 Å². The second-order valence-electron chi connectivity index (χ2n) is 15.1. The summed E-state index contributed by atoms with van der Waals surface area (Å²) in [7, 11) is 0. The van der Waals surface area contributed by atoms with Crippen LogP contribution in [0.4, 0.5) is 0 Å². The molecule has 6 heteroatoms. The molecule has 0 N–H and O–H groups in total. The average Bonchev–Trinajstić information content (AvgIpc) is 3.98. The van der Waals surface area contributed by atoms with Crippen molar-refractivity contribution in [3.05, 3.63) is 182 Å². The largest absolute Gasteiger partial charge is 0.455 e. The minimum atomic E-state index is 0.545. The summed E-state index contributed by atoms with van der Waals surface area (Å²) in [6, 6.07) is 64.2. The summed E-state index contributed by atoms with van der Waals surface area (Å²) in [6.45, 7) is 0. The third-order valence-corrected chi connectivity index (χ3v) is 13.0. The molecule has 0 aliphatic rings. The summed E-state index contributed by atoms with van der Waals surface area (Å²) in [6.07, 6.45) is 0. The molecule has 0 saturated heterocycles. The van der Waals surface area contributed by atoms with Gasteiger partial charge in [-0.3, -0.25) is 0 Å². The summed E-state index contributed by atoms with van der Waals surface area (Å²) >= 11 is 1.78. The highest BCUT2D eigenvalue weighted by molar-refractivity contribution is 7.26. The average molecular weight is 771 g/mol. The van der Waals surface area contributed by atoms with Crippen molar-refractivity contribution in [2.75, 3.05) is 0 Å². The van der Waals surface area contributed by atoms with Gasteiger partial charge in [-0.15, -0.1) is 11.3 Å². The monoisotopic (exact) mass is 770 g/mol. The zero-order chi connectivity index (χ0) is 38.6. The fourth-order valence-electron chi connectivity index (χ4n) is 9.22. The molecular weight excluding hydrogens is 741 g/mol. The topological polar surface area (TPSA) is 56.7 Å². The SMILES string of the molecule is c1ccc(-c2nc(-c3c(-n4c5ccccc5c5cc6ccccc6cc54)c4ccccc4c4c3oc3ccccc34)nc(-c3cccc4c3sc3ccccc34)n2)cc1. The highest BCUT2D eigenvalue weighted by Gasteiger charge is 2.28. The van der Waals surface area contributed by atoms with Crippen molar-refractivity contribution in [3.63, 3.8) is 0 Å². The first-order valence-electron chi connectivity index (χ1n) is 19.8. The number of hydrogen-bond acceptors (Lipinski definition) is 5. The lowest BCUT2D eigenvalue weighted by Crippen LogP contribution is -2.05. The molecule has 0 amide bonds. The minimum absolute atomic E-state index is 0.545. The number of nitrogens with zero attached hydrogens (tertiary/aromatic N) is 4. The van der Waals surface area contributed by atoms with E-state index < -0.39 is 0 Å². The van der Waals surface area contributed by atoms with Crippen LogP contribution in [-0.4, -0.2) is 19.5 Å². The summed E-state index contributed by atoms with van der Waals surface area (Å²) in [5, 5.41) is 11.4. The van der Waals surface area contributed by atoms with E-state index in [-0.39, 0.29) is 0 Å². The molecule has 0 aliphatic heterocycles. The molecule has 0 spiro atoms. The Morgan fingerprint density at radius 2 is 1.08 bits per heavy atom. The third kappa shape index (κ3) is 4.75. The first-order chi connectivity index (χ1) is 29.3. The van der Waals surface area contributed by atoms with E-state index >= 15 is 0 Å². The molecular formula is C53H30N4OS. The Hall–Kier alpha value is -7.67.